The Morgan fingerprint density at radius 1 is 1.19 bits per heavy atom. The van der Waals surface area contributed by atoms with E-state index in [1.165, 1.54) is 5.57 Å². The van der Waals surface area contributed by atoms with Crippen LogP contribution in [0.3, 0.4) is 0 Å². The van der Waals surface area contributed by atoms with Crippen molar-refractivity contribution >= 4 is 29.1 Å². The highest BCUT2D eigenvalue weighted by atomic mass is 16.3. The molecular formula is C33H46N4O5. The zero-order valence-corrected chi connectivity index (χ0v) is 25.4. The molecule has 4 rings (SSSR count). The Morgan fingerprint density at radius 2 is 1.98 bits per heavy atom. The fourth-order valence-corrected chi connectivity index (χ4v) is 6.08. The zero-order valence-electron chi connectivity index (χ0n) is 25.4. The van der Waals surface area contributed by atoms with E-state index in [1.807, 2.05) is 18.2 Å². The average Bonchev–Trinajstić information content (AvgIpc) is 3.53. The van der Waals surface area contributed by atoms with Crippen LogP contribution in [0.4, 0.5) is 11.4 Å². The molecule has 0 radical (unpaired) electrons. The molecule has 3 aliphatic heterocycles. The van der Waals surface area contributed by atoms with E-state index >= 15 is 0 Å². The fraction of sp³-hybridized carbons (Fsp3) is 0.545. The van der Waals surface area contributed by atoms with Crippen molar-refractivity contribution in [3.63, 3.8) is 0 Å². The number of amides is 3. The number of nitrogens with one attached hydrogen (secondary N) is 1. The Labute approximate surface area is 249 Å². The molecule has 0 saturated carbocycles. The minimum absolute atomic E-state index is 0.0481. The second kappa shape index (κ2) is 13.8. The smallest absolute Gasteiger partial charge is 0.264 e. The first-order valence-corrected chi connectivity index (χ1v) is 15.1. The lowest BCUT2D eigenvalue weighted by molar-refractivity contribution is -0.139. The molecule has 228 valence electrons. The van der Waals surface area contributed by atoms with Gasteiger partial charge in [0.25, 0.3) is 5.91 Å². The van der Waals surface area contributed by atoms with Crippen LogP contribution in [0.25, 0.3) is 0 Å². The first-order chi connectivity index (χ1) is 20.1. The van der Waals surface area contributed by atoms with Crippen molar-refractivity contribution < 1.29 is 24.6 Å². The molecule has 0 unspecified atom stereocenters. The third-order valence-corrected chi connectivity index (χ3v) is 8.65. The second-order valence-corrected chi connectivity index (χ2v) is 12.0. The van der Waals surface area contributed by atoms with Crippen LogP contribution >= 0.6 is 0 Å². The van der Waals surface area contributed by atoms with Gasteiger partial charge in [0.2, 0.25) is 11.8 Å². The maximum atomic E-state index is 14.0. The van der Waals surface area contributed by atoms with Crippen LogP contribution in [0.5, 0.6) is 0 Å². The number of hydrogen-bond acceptors (Lipinski definition) is 6. The van der Waals surface area contributed by atoms with Crippen molar-refractivity contribution in [2.45, 2.75) is 71.4 Å². The van der Waals surface area contributed by atoms with Crippen molar-refractivity contribution in [1.82, 2.24) is 10.2 Å². The number of anilines is 2. The van der Waals surface area contributed by atoms with Gasteiger partial charge in [-0.15, -0.1) is 0 Å². The molecule has 2 fully saturated rings. The topological polar surface area (TPSA) is 113 Å². The third kappa shape index (κ3) is 6.69. The molecule has 3 heterocycles. The molecule has 9 heteroatoms. The molecular weight excluding hydrogens is 532 g/mol. The van der Waals surface area contributed by atoms with Gasteiger partial charge in [0.1, 0.15) is 0 Å². The van der Waals surface area contributed by atoms with Crippen LogP contribution in [0.15, 0.2) is 53.6 Å². The maximum absolute atomic E-state index is 14.0. The summed E-state index contributed by atoms with van der Waals surface area (Å²) in [6.45, 7) is 10.3. The summed E-state index contributed by atoms with van der Waals surface area (Å²) in [6, 6.07) is 5.29. The summed E-state index contributed by atoms with van der Waals surface area (Å²) in [5.74, 6) is -1.19. The fourth-order valence-electron chi connectivity index (χ4n) is 6.08. The van der Waals surface area contributed by atoms with Crippen LogP contribution in [-0.2, 0) is 20.0 Å². The Morgan fingerprint density at radius 3 is 2.69 bits per heavy atom. The van der Waals surface area contributed by atoms with Crippen LogP contribution in [-0.4, -0.2) is 78.2 Å². The van der Waals surface area contributed by atoms with Gasteiger partial charge in [-0.3, -0.25) is 14.4 Å². The highest BCUT2D eigenvalue weighted by Crippen LogP contribution is 2.46. The number of hydrogen-bond donors (Lipinski definition) is 3. The minimum Gasteiger partial charge on any atom is -0.394 e. The van der Waals surface area contributed by atoms with E-state index in [4.69, 9.17) is 0 Å². The van der Waals surface area contributed by atoms with E-state index in [9.17, 15) is 24.6 Å². The Bertz CT molecular complexity index is 1270. The number of carbonyl (C=O) groups is 3. The van der Waals surface area contributed by atoms with Crippen LogP contribution in [0.1, 0.15) is 65.4 Å². The van der Waals surface area contributed by atoms with E-state index in [-0.39, 0.29) is 37.4 Å². The van der Waals surface area contributed by atoms with E-state index in [0.717, 1.165) is 31.3 Å². The van der Waals surface area contributed by atoms with Crippen molar-refractivity contribution in [1.29, 1.82) is 0 Å². The second-order valence-electron chi connectivity index (χ2n) is 12.0. The van der Waals surface area contributed by atoms with Crippen LogP contribution in [0, 0.1) is 5.92 Å². The lowest BCUT2D eigenvalue weighted by Crippen LogP contribution is -2.48. The predicted octanol–water partition coefficient (Wildman–Crippen LogP) is 3.42. The summed E-state index contributed by atoms with van der Waals surface area (Å²) in [5, 5.41) is 24.8. The molecule has 3 aliphatic rings. The number of aliphatic hydroxyl groups excluding tert-OH is 1. The molecule has 0 bridgehead atoms. The van der Waals surface area contributed by atoms with Gasteiger partial charge in [0.05, 0.1) is 24.9 Å². The molecule has 1 aromatic rings. The van der Waals surface area contributed by atoms with Gasteiger partial charge in [-0.1, -0.05) is 42.4 Å². The lowest BCUT2D eigenvalue weighted by Gasteiger charge is -2.30. The molecule has 3 amide bonds. The SMILES string of the molecule is CC(C)=CCC/C(C)=C/CN1C(=O)[C@](O)([C@H](C)/C=C/CC(=O)N2CCC[C@H]2CO)c2cc(N3CCNCC3=O)ccc21. The number of rotatable bonds is 11. The number of aliphatic hydroxyl groups is 2. The number of piperazine rings is 1. The van der Waals surface area contributed by atoms with Gasteiger partial charge in [-0.25, -0.2) is 0 Å². The van der Waals surface area contributed by atoms with Crippen molar-refractivity contribution in [3.05, 3.63) is 59.2 Å². The number of allylic oxidation sites excluding steroid dienone is 3. The number of carbonyl (C=O) groups excluding carboxylic acids is 3. The summed E-state index contributed by atoms with van der Waals surface area (Å²) in [6.07, 6.45) is 11.3. The third-order valence-electron chi connectivity index (χ3n) is 8.65. The van der Waals surface area contributed by atoms with Crippen molar-refractivity contribution in [3.8, 4) is 0 Å². The van der Waals surface area contributed by atoms with Gasteiger partial charge >= 0.3 is 0 Å². The monoisotopic (exact) mass is 578 g/mol. The summed E-state index contributed by atoms with van der Waals surface area (Å²) >= 11 is 0. The number of nitrogens with zero attached hydrogens (tertiary/aromatic N) is 3. The van der Waals surface area contributed by atoms with Gasteiger partial charge < -0.3 is 30.2 Å². The molecule has 2 saturated heterocycles. The molecule has 42 heavy (non-hydrogen) atoms. The highest BCUT2D eigenvalue weighted by Gasteiger charge is 2.52. The molecule has 3 atom stereocenters. The summed E-state index contributed by atoms with van der Waals surface area (Å²) < 4.78 is 0. The number of benzene rings is 1. The minimum atomic E-state index is -1.85. The van der Waals surface area contributed by atoms with E-state index in [1.54, 1.807) is 39.8 Å². The van der Waals surface area contributed by atoms with Crippen LogP contribution in [0.2, 0.25) is 0 Å². The first-order valence-electron chi connectivity index (χ1n) is 15.1. The standard InChI is InChI=1S/C33H46N4O5/c1-23(2)8-5-9-24(3)15-18-37-29-14-13-26(36-19-16-34-21-31(36)40)20-28(29)33(42,32(37)41)25(4)10-6-12-30(39)35-17-7-11-27(35)22-38/h6,8,10,13-15,20,25,27,34,38,42H,5,7,9,11-12,16-19,21-22H2,1-4H3/b10-6+,24-15+/t25-,27+,33+/m1/s1. The Hall–Kier alpha value is -3.27. The maximum Gasteiger partial charge on any atom is 0.264 e. The quantitative estimate of drug-likeness (QED) is 0.347. The molecule has 1 aromatic carbocycles. The number of fused-ring (bicyclic) bond motifs is 1. The first kappa shape index (κ1) is 31.7. The predicted molar refractivity (Wildman–Crippen MR) is 165 cm³/mol. The van der Waals surface area contributed by atoms with E-state index < -0.39 is 17.4 Å². The number of likely N-dealkylation sites (tertiary alicyclic amines) is 1. The van der Waals surface area contributed by atoms with Gasteiger partial charge in [-0.05, 0) is 64.7 Å². The van der Waals surface area contributed by atoms with E-state index in [0.29, 0.717) is 43.1 Å². The van der Waals surface area contributed by atoms with Gasteiger partial charge in [0, 0.05) is 49.8 Å². The molecule has 0 aromatic heterocycles. The Kier molecular flexibility index (Phi) is 10.4. The van der Waals surface area contributed by atoms with E-state index in [2.05, 4.69) is 32.2 Å². The normalized spacial score (nSPS) is 23.6. The van der Waals surface area contributed by atoms with Crippen molar-refractivity contribution in [2.24, 2.45) is 5.92 Å². The summed E-state index contributed by atoms with van der Waals surface area (Å²) in [4.78, 5) is 44.4. The van der Waals surface area contributed by atoms with Gasteiger partial charge in [0.15, 0.2) is 5.60 Å². The molecule has 0 spiro atoms. The van der Waals surface area contributed by atoms with Gasteiger partial charge in [-0.2, -0.15) is 0 Å². The molecule has 9 nitrogen and oxygen atoms in total. The zero-order chi connectivity index (χ0) is 30.4. The van der Waals surface area contributed by atoms with Crippen molar-refractivity contribution in [2.75, 3.05) is 49.1 Å². The summed E-state index contributed by atoms with van der Waals surface area (Å²) in [5.41, 5.74) is 2.32. The lowest BCUT2D eigenvalue weighted by atomic mass is 9.82. The largest absolute Gasteiger partial charge is 0.394 e. The van der Waals surface area contributed by atoms with Crippen LogP contribution < -0.4 is 15.1 Å². The summed E-state index contributed by atoms with van der Waals surface area (Å²) in [7, 11) is 0. The highest BCUT2D eigenvalue weighted by molar-refractivity contribution is 6.08. The molecule has 3 N–H and O–H groups in total. The Balaban J connectivity index is 1.60. The molecule has 0 aliphatic carbocycles. The average molecular weight is 579 g/mol.